The van der Waals surface area contributed by atoms with Crippen LogP contribution in [0, 0.1) is 12.8 Å². The molecule has 0 amide bonds. The second-order valence-corrected chi connectivity index (χ2v) is 6.89. The van der Waals surface area contributed by atoms with E-state index in [0.29, 0.717) is 5.92 Å². The minimum Gasteiger partial charge on any atom is -0.322 e. The number of aryl methyl sites for hydroxylation is 1. The zero-order chi connectivity index (χ0) is 13.8. The molecule has 2 aromatic heterocycles. The zero-order valence-corrected chi connectivity index (χ0v) is 12.3. The monoisotopic (exact) mass is 257 g/mol. The van der Waals surface area contributed by atoms with Crippen LogP contribution in [0.4, 0.5) is 0 Å². The first kappa shape index (κ1) is 12.7. The van der Waals surface area contributed by atoms with Gasteiger partial charge in [-0.15, -0.1) is 0 Å². The van der Waals surface area contributed by atoms with Crippen LogP contribution in [0.25, 0.3) is 5.65 Å². The normalized spacial score (nSPS) is 17.9. The molecule has 102 valence electrons. The van der Waals surface area contributed by atoms with Crippen LogP contribution in [0.2, 0.25) is 0 Å². The van der Waals surface area contributed by atoms with Crippen molar-refractivity contribution in [2.24, 2.45) is 11.7 Å². The van der Waals surface area contributed by atoms with Gasteiger partial charge in [0, 0.05) is 11.6 Å². The summed E-state index contributed by atoms with van der Waals surface area (Å²) in [4.78, 5) is 4.84. The van der Waals surface area contributed by atoms with Crippen LogP contribution in [0.1, 0.15) is 56.6 Å². The molecule has 3 heteroatoms. The molecule has 1 fully saturated rings. The average Bonchev–Trinajstić information content (AvgIpc) is 3.08. The molecule has 0 spiro atoms. The molecule has 2 heterocycles. The summed E-state index contributed by atoms with van der Waals surface area (Å²) >= 11 is 0. The van der Waals surface area contributed by atoms with Crippen molar-refractivity contribution in [3.8, 4) is 0 Å². The fraction of sp³-hybridized carbons (Fsp3) is 0.562. The third-order valence-electron chi connectivity index (χ3n) is 3.96. The highest BCUT2D eigenvalue weighted by atomic mass is 15.0. The minimum absolute atomic E-state index is 0.0295. The first-order valence-corrected chi connectivity index (χ1v) is 7.12. The molecule has 0 aliphatic heterocycles. The SMILES string of the molecule is Cc1ccc2nc(C(C)(C)C)c(C(N)C3CC3)n2c1. The van der Waals surface area contributed by atoms with Crippen LogP contribution in [0.3, 0.4) is 0 Å². The maximum atomic E-state index is 6.50. The summed E-state index contributed by atoms with van der Waals surface area (Å²) in [5.41, 5.74) is 11.2. The molecule has 3 rings (SSSR count). The van der Waals surface area contributed by atoms with Crippen molar-refractivity contribution in [2.75, 3.05) is 0 Å². The molecule has 19 heavy (non-hydrogen) atoms. The maximum absolute atomic E-state index is 6.50. The molecule has 1 unspecified atom stereocenters. The molecule has 1 atom stereocenters. The summed E-state index contributed by atoms with van der Waals surface area (Å²) < 4.78 is 2.21. The molecule has 0 saturated heterocycles. The maximum Gasteiger partial charge on any atom is 0.137 e. The second-order valence-electron chi connectivity index (χ2n) is 6.89. The summed E-state index contributed by atoms with van der Waals surface area (Å²) in [6.45, 7) is 8.75. The second kappa shape index (κ2) is 4.07. The van der Waals surface area contributed by atoms with Gasteiger partial charge in [0.15, 0.2) is 0 Å². The van der Waals surface area contributed by atoms with Crippen molar-refractivity contribution >= 4 is 5.65 Å². The number of fused-ring (bicyclic) bond motifs is 1. The molecule has 0 radical (unpaired) electrons. The number of imidazole rings is 1. The molecular formula is C16H23N3. The Balaban J connectivity index is 2.26. The van der Waals surface area contributed by atoms with Crippen molar-refractivity contribution in [1.29, 1.82) is 0 Å². The summed E-state index contributed by atoms with van der Waals surface area (Å²) in [6, 6.07) is 4.32. The van der Waals surface area contributed by atoms with E-state index < -0.39 is 0 Å². The smallest absolute Gasteiger partial charge is 0.137 e. The summed E-state index contributed by atoms with van der Waals surface area (Å²) in [6.07, 6.45) is 4.67. The van der Waals surface area contributed by atoms with Crippen molar-refractivity contribution in [2.45, 2.75) is 52.0 Å². The third kappa shape index (κ3) is 2.16. The molecule has 0 aromatic carbocycles. The molecule has 0 bridgehead atoms. The van der Waals surface area contributed by atoms with E-state index in [1.165, 1.54) is 24.1 Å². The Hall–Kier alpha value is -1.35. The summed E-state index contributed by atoms with van der Waals surface area (Å²) in [5, 5.41) is 0. The predicted octanol–water partition coefficient (Wildman–Crippen LogP) is 3.35. The first-order chi connectivity index (χ1) is 8.88. The lowest BCUT2D eigenvalue weighted by atomic mass is 9.88. The van der Waals surface area contributed by atoms with Gasteiger partial charge < -0.3 is 10.1 Å². The van der Waals surface area contributed by atoms with E-state index in [0.717, 1.165) is 11.3 Å². The minimum atomic E-state index is 0.0295. The Bertz CT molecular complexity index is 615. The number of nitrogens with two attached hydrogens (primary N) is 1. The lowest BCUT2D eigenvalue weighted by Crippen LogP contribution is -2.22. The van der Waals surface area contributed by atoms with Gasteiger partial charge in [-0.05, 0) is 37.3 Å². The van der Waals surface area contributed by atoms with Gasteiger partial charge in [-0.25, -0.2) is 4.98 Å². The number of nitrogens with zero attached hydrogens (tertiary/aromatic N) is 2. The zero-order valence-electron chi connectivity index (χ0n) is 12.3. The largest absolute Gasteiger partial charge is 0.322 e. The molecule has 1 aliphatic carbocycles. The molecule has 2 aromatic rings. The summed E-state index contributed by atoms with van der Waals surface area (Å²) in [5.74, 6) is 0.640. The lowest BCUT2D eigenvalue weighted by molar-refractivity contribution is 0.532. The van der Waals surface area contributed by atoms with E-state index in [1.807, 2.05) is 0 Å². The molecule has 2 N–H and O–H groups in total. The van der Waals surface area contributed by atoms with E-state index in [2.05, 4.69) is 50.4 Å². The van der Waals surface area contributed by atoms with Crippen LogP contribution in [-0.4, -0.2) is 9.38 Å². The van der Waals surface area contributed by atoms with Crippen LogP contribution >= 0.6 is 0 Å². The summed E-state index contributed by atoms with van der Waals surface area (Å²) in [7, 11) is 0. The quantitative estimate of drug-likeness (QED) is 0.896. The van der Waals surface area contributed by atoms with Crippen molar-refractivity contribution < 1.29 is 0 Å². The lowest BCUT2D eigenvalue weighted by Gasteiger charge is -2.21. The average molecular weight is 257 g/mol. The van der Waals surface area contributed by atoms with Gasteiger partial charge in [-0.2, -0.15) is 0 Å². The third-order valence-corrected chi connectivity index (χ3v) is 3.96. The van der Waals surface area contributed by atoms with E-state index >= 15 is 0 Å². The van der Waals surface area contributed by atoms with Gasteiger partial charge in [-0.1, -0.05) is 26.8 Å². The number of rotatable bonds is 2. The standard InChI is InChI=1S/C16H23N3/c1-10-5-8-12-18-15(16(2,3)4)14(19(12)9-10)13(17)11-6-7-11/h5,8-9,11,13H,6-7,17H2,1-4H3. The van der Waals surface area contributed by atoms with Crippen LogP contribution in [-0.2, 0) is 5.41 Å². The fourth-order valence-electron chi connectivity index (χ4n) is 2.72. The Morgan fingerprint density at radius 2 is 2.00 bits per heavy atom. The van der Waals surface area contributed by atoms with Gasteiger partial charge in [-0.3, -0.25) is 0 Å². The van der Waals surface area contributed by atoms with Gasteiger partial charge in [0.1, 0.15) is 5.65 Å². The number of aromatic nitrogens is 2. The van der Waals surface area contributed by atoms with Crippen molar-refractivity contribution in [3.63, 3.8) is 0 Å². The number of pyridine rings is 1. The number of hydrogen-bond donors (Lipinski definition) is 1. The van der Waals surface area contributed by atoms with Crippen LogP contribution in [0.5, 0.6) is 0 Å². The van der Waals surface area contributed by atoms with Crippen LogP contribution in [0.15, 0.2) is 18.3 Å². The van der Waals surface area contributed by atoms with Crippen molar-refractivity contribution in [3.05, 3.63) is 35.3 Å². The Morgan fingerprint density at radius 3 is 2.58 bits per heavy atom. The Kier molecular flexibility index (Phi) is 2.72. The Labute approximate surface area is 114 Å². The Morgan fingerprint density at radius 1 is 1.32 bits per heavy atom. The molecule has 1 saturated carbocycles. The van der Waals surface area contributed by atoms with Gasteiger partial charge in [0.2, 0.25) is 0 Å². The molecule has 1 aliphatic rings. The van der Waals surface area contributed by atoms with Crippen molar-refractivity contribution in [1.82, 2.24) is 9.38 Å². The topological polar surface area (TPSA) is 43.3 Å². The van der Waals surface area contributed by atoms with Gasteiger partial charge >= 0.3 is 0 Å². The highest BCUT2D eigenvalue weighted by molar-refractivity contribution is 5.47. The van der Waals surface area contributed by atoms with E-state index in [4.69, 9.17) is 10.7 Å². The highest BCUT2D eigenvalue weighted by Crippen LogP contribution is 2.42. The highest BCUT2D eigenvalue weighted by Gasteiger charge is 2.35. The fourth-order valence-corrected chi connectivity index (χ4v) is 2.72. The van der Waals surface area contributed by atoms with Crippen LogP contribution < -0.4 is 5.73 Å². The van der Waals surface area contributed by atoms with Gasteiger partial charge in [0.25, 0.3) is 0 Å². The van der Waals surface area contributed by atoms with Gasteiger partial charge in [0.05, 0.1) is 17.4 Å². The van der Waals surface area contributed by atoms with E-state index in [1.54, 1.807) is 0 Å². The molecular weight excluding hydrogens is 234 g/mol. The first-order valence-electron chi connectivity index (χ1n) is 7.12. The number of hydrogen-bond acceptors (Lipinski definition) is 2. The molecule has 3 nitrogen and oxygen atoms in total. The van der Waals surface area contributed by atoms with E-state index in [9.17, 15) is 0 Å². The van der Waals surface area contributed by atoms with E-state index in [-0.39, 0.29) is 11.5 Å². The predicted molar refractivity (Wildman–Crippen MR) is 78.3 cm³/mol.